The molecule has 2 aromatic rings. The number of hydrogen-bond donors (Lipinski definition) is 0. The molecule has 78 valence electrons. The van der Waals surface area contributed by atoms with Crippen LogP contribution in [0.1, 0.15) is 23.0 Å². The minimum atomic E-state index is -0.166. The minimum Gasteiger partial charge on any atom is -0.274 e. The Morgan fingerprint density at radius 2 is 2.38 bits per heavy atom. The molecule has 4 heteroatoms. The van der Waals surface area contributed by atoms with E-state index in [-0.39, 0.29) is 5.91 Å². The van der Waals surface area contributed by atoms with Crippen molar-refractivity contribution in [2.75, 3.05) is 0 Å². The number of aromatic nitrogens is 2. The molecule has 4 nitrogen and oxygen atoms in total. The molecule has 0 saturated carbocycles. The molecule has 2 aromatic heterocycles. The number of carbonyl (C=O) groups is 1. The molecule has 0 N–H and O–H groups in total. The standard InChI is InChI=1S/C12H9N3O/c1-3-10-4-5-11-9(6-13)7-15(8(2)16)12(11)14-10/h3-5,7H,1H2,2H3. The Morgan fingerprint density at radius 1 is 1.62 bits per heavy atom. The first kappa shape index (κ1) is 10.1. The van der Waals surface area contributed by atoms with Gasteiger partial charge in [-0.25, -0.2) is 4.98 Å². The first-order valence-corrected chi connectivity index (χ1v) is 4.73. The van der Waals surface area contributed by atoms with E-state index < -0.39 is 0 Å². The van der Waals surface area contributed by atoms with E-state index in [1.54, 1.807) is 18.2 Å². The molecule has 0 amide bonds. The Bertz CT molecular complexity index is 631. The van der Waals surface area contributed by atoms with Crippen molar-refractivity contribution in [2.24, 2.45) is 0 Å². The van der Waals surface area contributed by atoms with Crippen molar-refractivity contribution in [2.45, 2.75) is 6.92 Å². The monoisotopic (exact) mass is 211 g/mol. The van der Waals surface area contributed by atoms with Crippen molar-refractivity contribution < 1.29 is 4.79 Å². The molecule has 0 aromatic carbocycles. The summed E-state index contributed by atoms with van der Waals surface area (Å²) < 4.78 is 1.38. The van der Waals surface area contributed by atoms with E-state index in [1.165, 1.54) is 17.7 Å². The normalized spacial score (nSPS) is 10.0. The minimum absolute atomic E-state index is 0.166. The molecule has 2 rings (SSSR count). The van der Waals surface area contributed by atoms with Gasteiger partial charge in [0.2, 0.25) is 5.91 Å². The quantitative estimate of drug-likeness (QED) is 0.726. The van der Waals surface area contributed by atoms with Crippen LogP contribution in [0.15, 0.2) is 24.9 Å². The van der Waals surface area contributed by atoms with E-state index in [0.29, 0.717) is 22.3 Å². The fraction of sp³-hybridized carbons (Fsp3) is 0.0833. The average Bonchev–Trinajstić information content (AvgIpc) is 2.66. The van der Waals surface area contributed by atoms with Crippen LogP contribution in [0.2, 0.25) is 0 Å². The zero-order valence-electron chi connectivity index (χ0n) is 8.77. The zero-order chi connectivity index (χ0) is 11.7. The van der Waals surface area contributed by atoms with Gasteiger partial charge in [0.05, 0.1) is 11.3 Å². The third kappa shape index (κ3) is 1.39. The third-order valence-electron chi connectivity index (χ3n) is 2.34. The Balaban J connectivity index is 2.87. The van der Waals surface area contributed by atoms with Gasteiger partial charge in [0.15, 0.2) is 0 Å². The lowest BCUT2D eigenvalue weighted by Crippen LogP contribution is -2.04. The van der Waals surface area contributed by atoms with Crippen molar-refractivity contribution in [3.63, 3.8) is 0 Å². The van der Waals surface area contributed by atoms with Gasteiger partial charge in [-0.1, -0.05) is 6.58 Å². The van der Waals surface area contributed by atoms with Crippen molar-refractivity contribution in [1.82, 2.24) is 9.55 Å². The smallest absolute Gasteiger partial charge is 0.229 e. The van der Waals surface area contributed by atoms with Crippen LogP contribution in [0.5, 0.6) is 0 Å². The molecule has 0 spiro atoms. The van der Waals surface area contributed by atoms with E-state index in [9.17, 15) is 4.79 Å². The Hall–Kier alpha value is -2.41. The van der Waals surface area contributed by atoms with Crippen LogP contribution in [0.3, 0.4) is 0 Å². The van der Waals surface area contributed by atoms with Crippen LogP contribution in [0.4, 0.5) is 0 Å². The summed E-state index contributed by atoms with van der Waals surface area (Å²) in [6.45, 7) is 5.05. The maximum absolute atomic E-state index is 11.4. The molecule has 0 aliphatic carbocycles. The van der Waals surface area contributed by atoms with E-state index in [2.05, 4.69) is 11.6 Å². The Labute approximate surface area is 92.4 Å². The number of rotatable bonds is 1. The van der Waals surface area contributed by atoms with Gasteiger partial charge in [-0.2, -0.15) is 5.26 Å². The van der Waals surface area contributed by atoms with Gasteiger partial charge < -0.3 is 0 Å². The van der Waals surface area contributed by atoms with Gasteiger partial charge in [-0.05, 0) is 18.2 Å². The zero-order valence-corrected chi connectivity index (χ0v) is 8.77. The summed E-state index contributed by atoms with van der Waals surface area (Å²) in [6.07, 6.45) is 3.11. The summed E-state index contributed by atoms with van der Waals surface area (Å²) in [4.78, 5) is 15.6. The van der Waals surface area contributed by atoms with Crippen molar-refractivity contribution in [1.29, 1.82) is 5.26 Å². The Morgan fingerprint density at radius 3 is 2.94 bits per heavy atom. The number of carbonyl (C=O) groups excluding carboxylic acids is 1. The SMILES string of the molecule is C=Cc1ccc2c(C#N)cn(C(C)=O)c2n1. The van der Waals surface area contributed by atoms with E-state index in [4.69, 9.17) is 5.26 Å². The summed E-state index contributed by atoms with van der Waals surface area (Å²) in [5.74, 6) is -0.166. The van der Waals surface area contributed by atoms with Gasteiger partial charge in [-0.3, -0.25) is 9.36 Å². The molecule has 0 aliphatic rings. The fourth-order valence-corrected chi connectivity index (χ4v) is 1.56. The molecule has 0 unspecified atom stereocenters. The number of hydrogen-bond acceptors (Lipinski definition) is 3. The van der Waals surface area contributed by atoms with Crippen LogP contribution >= 0.6 is 0 Å². The number of fused-ring (bicyclic) bond motifs is 1. The van der Waals surface area contributed by atoms with Gasteiger partial charge in [0, 0.05) is 18.5 Å². The molecule has 0 aliphatic heterocycles. The maximum atomic E-state index is 11.4. The summed E-state index contributed by atoms with van der Waals surface area (Å²) in [5, 5.41) is 9.62. The number of nitriles is 1. The highest BCUT2D eigenvalue weighted by molar-refractivity contribution is 5.93. The van der Waals surface area contributed by atoms with Crippen molar-refractivity contribution in [3.8, 4) is 6.07 Å². The van der Waals surface area contributed by atoms with Crippen molar-refractivity contribution in [3.05, 3.63) is 36.2 Å². The van der Waals surface area contributed by atoms with Gasteiger partial charge >= 0.3 is 0 Å². The third-order valence-corrected chi connectivity index (χ3v) is 2.34. The molecule has 16 heavy (non-hydrogen) atoms. The van der Waals surface area contributed by atoms with E-state index >= 15 is 0 Å². The fourth-order valence-electron chi connectivity index (χ4n) is 1.56. The van der Waals surface area contributed by atoms with Gasteiger partial charge in [0.25, 0.3) is 0 Å². The summed E-state index contributed by atoms with van der Waals surface area (Å²) >= 11 is 0. The second-order valence-corrected chi connectivity index (χ2v) is 3.36. The van der Waals surface area contributed by atoms with Gasteiger partial charge in [-0.15, -0.1) is 0 Å². The molecule has 0 saturated heterocycles. The van der Waals surface area contributed by atoms with Crippen LogP contribution in [-0.4, -0.2) is 15.5 Å². The molecular formula is C12H9N3O. The molecule has 0 radical (unpaired) electrons. The molecule has 0 fully saturated rings. The molecule has 0 bridgehead atoms. The van der Waals surface area contributed by atoms with Crippen LogP contribution in [0, 0.1) is 11.3 Å². The summed E-state index contributed by atoms with van der Waals surface area (Å²) in [5.41, 5.74) is 1.63. The van der Waals surface area contributed by atoms with E-state index in [1.807, 2.05) is 6.07 Å². The van der Waals surface area contributed by atoms with Crippen LogP contribution in [-0.2, 0) is 0 Å². The summed E-state index contributed by atoms with van der Waals surface area (Å²) in [6, 6.07) is 5.58. The molecule has 2 heterocycles. The second-order valence-electron chi connectivity index (χ2n) is 3.36. The van der Waals surface area contributed by atoms with E-state index in [0.717, 1.165) is 0 Å². The lowest BCUT2D eigenvalue weighted by atomic mass is 10.2. The lowest BCUT2D eigenvalue weighted by molar-refractivity contribution is 0.0941. The number of pyridine rings is 1. The van der Waals surface area contributed by atoms with Gasteiger partial charge in [0.1, 0.15) is 11.7 Å². The predicted molar refractivity (Wildman–Crippen MR) is 60.8 cm³/mol. The highest BCUT2D eigenvalue weighted by Crippen LogP contribution is 2.19. The van der Waals surface area contributed by atoms with Crippen LogP contribution in [0.25, 0.3) is 17.1 Å². The molecule has 0 atom stereocenters. The average molecular weight is 211 g/mol. The highest BCUT2D eigenvalue weighted by Gasteiger charge is 2.11. The van der Waals surface area contributed by atoms with Crippen molar-refractivity contribution >= 4 is 23.0 Å². The second kappa shape index (κ2) is 3.63. The largest absolute Gasteiger partial charge is 0.274 e. The first-order chi connectivity index (χ1) is 7.67. The Kier molecular flexibility index (Phi) is 2.29. The maximum Gasteiger partial charge on any atom is 0.229 e. The predicted octanol–water partition coefficient (Wildman–Crippen LogP) is 2.21. The van der Waals surface area contributed by atoms with Crippen LogP contribution < -0.4 is 0 Å². The topological polar surface area (TPSA) is 58.7 Å². The first-order valence-electron chi connectivity index (χ1n) is 4.73. The summed E-state index contributed by atoms with van der Waals surface area (Å²) in [7, 11) is 0. The number of nitrogens with zero attached hydrogens (tertiary/aromatic N) is 3. The highest BCUT2D eigenvalue weighted by atomic mass is 16.1. The lowest BCUT2D eigenvalue weighted by Gasteiger charge is -1.98. The molecular weight excluding hydrogens is 202 g/mol.